The van der Waals surface area contributed by atoms with Gasteiger partial charge in [-0.15, -0.1) is 0 Å². The number of hydrogen-bond acceptors (Lipinski definition) is 11. The van der Waals surface area contributed by atoms with E-state index in [1.807, 2.05) is 0 Å². The lowest BCUT2D eigenvalue weighted by Gasteiger charge is -2.27. The summed E-state index contributed by atoms with van der Waals surface area (Å²) in [5, 5.41) is 36.7. The number of rotatable bonds is 20. The molecular formula is C25H36N6O14P-. The third-order valence-electron chi connectivity index (χ3n) is 5.86. The van der Waals surface area contributed by atoms with Crippen LogP contribution in [0.5, 0.6) is 5.75 Å². The van der Waals surface area contributed by atoms with Gasteiger partial charge in [0.05, 0.1) is 18.4 Å². The molecule has 5 atom stereocenters. The molecule has 1 aromatic carbocycles. The number of carbonyl (C=O) groups excluding carboxylic acids is 5. The second kappa shape index (κ2) is 18.3. The Morgan fingerprint density at radius 3 is 1.76 bits per heavy atom. The maximum Gasteiger partial charge on any atom is 0.469 e. The van der Waals surface area contributed by atoms with Gasteiger partial charge in [-0.1, -0.05) is 12.1 Å². The average Bonchev–Trinajstić information content (AvgIpc) is 2.94. The van der Waals surface area contributed by atoms with Crippen LogP contribution in [0, 0.1) is 6.42 Å². The summed E-state index contributed by atoms with van der Waals surface area (Å²) >= 11 is 0. The zero-order chi connectivity index (χ0) is 35.2. The van der Waals surface area contributed by atoms with Crippen molar-refractivity contribution in [1.82, 2.24) is 21.3 Å². The van der Waals surface area contributed by atoms with Crippen LogP contribution >= 0.6 is 7.82 Å². The Morgan fingerprint density at radius 1 is 0.826 bits per heavy atom. The predicted molar refractivity (Wildman–Crippen MR) is 154 cm³/mol. The van der Waals surface area contributed by atoms with Crippen molar-refractivity contribution >= 4 is 49.3 Å². The van der Waals surface area contributed by atoms with Gasteiger partial charge in [0.25, 0.3) is 0 Å². The number of aromatic hydroxyl groups is 1. The van der Waals surface area contributed by atoms with E-state index in [2.05, 4.69) is 25.8 Å². The number of benzene rings is 1. The van der Waals surface area contributed by atoms with E-state index in [-0.39, 0.29) is 11.3 Å². The number of phenols is 1. The Morgan fingerprint density at radius 2 is 1.30 bits per heavy atom. The third kappa shape index (κ3) is 15.3. The lowest BCUT2D eigenvalue weighted by atomic mass is 10.0. The molecule has 0 spiro atoms. The lowest BCUT2D eigenvalue weighted by Crippen LogP contribution is -2.59. The van der Waals surface area contributed by atoms with Gasteiger partial charge in [-0.3, -0.25) is 38.1 Å². The molecule has 0 bridgehead atoms. The normalized spacial score (nSPS) is 14.3. The summed E-state index contributed by atoms with van der Waals surface area (Å²) in [5.41, 5.74) is 10.9. The first-order valence-corrected chi connectivity index (χ1v) is 14.9. The molecule has 0 aliphatic carbocycles. The molecule has 0 saturated heterocycles. The highest BCUT2D eigenvalue weighted by atomic mass is 31.2. The molecule has 256 valence electrons. The molecule has 0 saturated carbocycles. The van der Waals surface area contributed by atoms with Crippen LogP contribution in [0.3, 0.4) is 0 Å². The number of nitrogens with one attached hydrogen (secondary N) is 4. The molecule has 46 heavy (non-hydrogen) atoms. The fourth-order valence-electron chi connectivity index (χ4n) is 3.50. The zero-order valence-electron chi connectivity index (χ0n) is 24.3. The van der Waals surface area contributed by atoms with Crippen molar-refractivity contribution in [2.24, 2.45) is 11.5 Å². The molecule has 0 unspecified atom stereocenters. The number of aliphatic carboxylic acids is 2. The summed E-state index contributed by atoms with van der Waals surface area (Å²) < 4.78 is 15.5. The van der Waals surface area contributed by atoms with Gasteiger partial charge < -0.3 is 57.8 Å². The molecule has 0 fully saturated rings. The largest absolute Gasteiger partial charge is 0.510 e. The Bertz CT molecular complexity index is 1320. The van der Waals surface area contributed by atoms with Crippen LogP contribution < -0.4 is 32.7 Å². The number of carboxylic acids is 2. The molecule has 1 rings (SSSR count). The standard InChI is InChI=1S/C25H36N6O14P/c1-12(26)21(36)31-18(11-45-46(42,43)44)24(39)29-15(6-8-19(27)33)22(37)28-16(7-9-20(34)35)23(38)30-17(25(40)41)10-13-2-4-14(32)5-3-13/h2-5,10,12,15-18,32H,6-9,11,26H2,1H3,(H2,27,33)(H,28,37)(H,29,39)(H,30,38)(H,31,36)(H,34,35)(H,40,41)(H2,42,43,44)/q-1/t12-,15-,16-,17-,18-/m0/s1. The van der Waals surface area contributed by atoms with Crippen LogP contribution in [-0.4, -0.2) is 103 Å². The summed E-state index contributed by atoms with van der Waals surface area (Å²) in [4.78, 5) is 104. The highest BCUT2D eigenvalue weighted by Crippen LogP contribution is 2.35. The van der Waals surface area contributed by atoms with Gasteiger partial charge in [0.15, 0.2) is 0 Å². The summed E-state index contributed by atoms with van der Waals surface area (Å²) in [6, 6.07) is -2.88. The molecule has 20 nitrogen and oxygen atoms in total. The van der Waals surface area contributed by atoms with Crippen molar-refractivity contribution in [2.45, 2.75) is 62.8 Å². The molecule has 1 aromatic rings. The monoisotopic (exact) mass is 675 g/mol. The number of phenolic OH excluding ortho intramolecular Hbond substituents is 1. The number of nitrogens with two attached hydrogens (primary N) is 2. The number of primary amides is 1. The van der Waals surface area contributed by atoms with Gasteiger partial charge in [0, 0.05) is 12.8 Å². The van der Waals surface area contributed by atoms with Gasteiger partial charge in [-0.25, -0.2) is 4.57 Å². The number of hydrogen-bond donors (Lipinski definition) is 11. The van der Waals surface area contributed by atoms with E-state index in [9.17, 15) is 48.3 Å². The highest BCUT2D eigenvalue weighted by molar-refractivity contribution is 7.46. The van der Waals surface area contributed by atoms with Crippen LogP contribution in [0.4, 0.5) is 0 Å². The molecule has 0 heterocycles. The third-order valence-corrected chi connectivity index (χ3v) is 6.35. The van der Waals surface area contributed by atoms with Gasteiger partial charge in [-0.2, -0.15) is 24.1 Å². The predicted octanol–water partition coefficient (Wildman–Crippen LogP) is -3.44. The topological polar surface area (TPSA) is 347 Å². The summed E-state index contributed by atoms with van der Waals surface area (Å²) in [7, 11) is -5.15. The van der Waals surface area contributed by atoms with Crippen molar-refractivity contribution in [3.8, 4) is 5.75 Å². The molecule has 0 aromatic heterocycles. The van der Waals surface area contributed by atoms with E-state index in [0.717, 1.165) is 6.42 Å². The zero-order valence-corrected chi connectivity index (χ0v) is 25.2. The lowest BCUT2D eigenvalue weighted by molar-refractivity contribution is -0.142. The van der Waals surface area contributed by atoms with E-state index < -0.39 is 112 Å². The number of carboxylic acid groups (broad SMARTS) is 2. The van der Waals surface area contributed by atoms with Crippen LogP contribution in [0.25, 0.3) is 0 Å². The summed E-state index contributed by atoms with van der Waals surface area (Å²) in [5.74, 6) is -8.46. The average molecular weight is 676 g/mol. The minimum absolute atomic E-state index is 0.112. The molecule has 0 radical (unpaired) electrons. The minimum atomic E-state index is -5.15. The Hall–Kier alpha value is -4.75. The number of phosphoric ester groups is 1. The van der Waals surface area contributed by atoms with Gasteiger partial charge in [0.2, 0.25) is 29.5 Å². The van der Waals surface area contributed by atoms with E-state index >= 15 is 0 Å². The maximum absolute atomic E-state index is 13.2. The van der Waals surface area contributed by atoms with E-state index in [4.69, 9.17) is 26.4 Å². The van der Waals surface area contributed by atoms with E-state index in [1.54, 1.807) is 0 Å². The smallest absolute Gasteiger partial charge is 0.469 e. The van der Waals surface area contributed by atoms with Crippen LogP contribution in [0.1, 0.15) is 38.2 Å². The first-order valence-electron chi connectivity index (χ1n) is 13.3. The Kier molecular flexibility index (Phi) is 15.6. The number of amides is 5. The van der Waals surface area contributed by atoms with Crippen molar-refractivity contribution in [3.05, 3.63) is 36.2 Å². The maximum atomic E-state index is 13.2. The second-order valence-corrected chi connectivity index (χ2v) is 11.0. The first kappa shape index (κ1) is 39.3. The first-order chi connectivity index (χ1) is 21.3. The summed E-state index contributed by atoms with van der Waals surface area (Å²) in [6.07, 6.45) is -1.15. The summed E-state index contributed by atoms with van der Waals surface area (Å²) in [6.45, 7) is 0.146. The van der Waals surface area contributed by atoms with E-state index in [0.29, 0.717) is 0 Å². The molecule has 0 aliphatic rings. The van der Waals surface area contributed by atoms with Crippen LogP contribution in [0.2, 0.25) is 0 Å². The highest BCUT2D eigenvalue weighted by Gasteiger charge is 2.32. The van der Waals surface area contributed by atoms with Crippen molar-refractivity contribution in [1.29, 1.82) is 0 Å². The van der Waals surface area contributed by atoms with Gasteiger partial charge in [0.1, 0.15) is 24.2 Å². The molecule has 0 aliphatic heterocycles. The SMILES string of the molecule is C[C@H](N)C(=O)N[C@@H](COP(=O)(O)O)C(=O)N[C@@H](CCC(N)=O)C(=O)N[C@@H](CCC(=O)O)C(=O)N[C@@H]([CH-]c1ccc(O)cc1)C(=O)O. The van der Waals surface area contributed by atoms with Crippen molar-refractivity contribution in [3.63, 3.8) is 0 Å². The minimum Gasteiger partial charge on any atom is -0.510 e. The fourth-order valence-corrected chi connectivity index (χ4v) is 3.84. The van der Waals surface area contributed by atoms with Crippen molar-refractivity contribution in [2.75, 3.05) is 6.61 Å². The van der Waals surface area contributed by atoms with Crippen LogP contribution in [0.15, 0.2) is 24.3 Å². The Labute approximate surface area is 261 Å². The number of carbonyl (C=O) groups is 7. The van der Waals surface area contributed by atoms with Gasteiger partial charge in [-0.05, 0) is 19.8 Å². The molecule has 21 heteroatoms. The molecule has 5 amide bonds. The van der Waals surface area contributed by atoms with Gasteiger partial charge >= 0.3 is 19.8 Å². The van der Waals surface area contributed by atoms with Crippen LogP contribution in [-0.2, 0) is 42.7 Å². The van der Waals surface area contributed by atoms with E-state index in [1.165, 1.54) is 31.2 Å². The second-order valence-electron chi connectivity index (χ2n) is 9.78. The quantitative estimate of drug-likeness (QED) is 0.0473. The molecule has 13 N–H and O–H groups in total. The van der Waals surface area contributed by atoms with Crippen molar-refractivity contribution < 1.29 is 67.8 Å². The number of phosphoric acid groups is 1. The fraction of sp³-hybridized carbons (Fsp3) is 0.440. The molecular weight excluding hydrogens is 639 g/mol. The Balaban J connectivity index is 3.24.